The first kappa shape index (κ1) is 44.6. The predicted molar refractivity (Wildman–Crippen MR) is 216 cm³/mol. The Kier molecular flexibility index (Phi) is 13.9. The lowest BCUT2D eigenvalue weighted by molar-refractivity contribution is -0.218. The highest BCUT2D eigenvalue weighted by atomic mass is 16.8. The van der Waals surface area contributed by atoms with E-state index < -0.39 is 96.5 Å². The highest BCUT2D eigenvalue weighted by molar-refractivity contribution is 5.83. The van der Waals surface area contributed by atoms with Crippen LogP contribution in [0.1, 0.15) is 55.7 Å². The third-order valence-electron chi connectivity index (χ3n) is 11.4. The van der Waals surface area contributed by atoms with Crippen LogP contribution < -0.4 is 21.7 Å². The summed E-state index contributed by atoms with van der Waals surface area (Å²) in [5.41, 5.74) is 10.2. The molecule has 8 N–H and O–H groups in total. The molecule has 3 aromatic carbocycles. The van der Waals surface area contributed by atoms with Crippen LogP contribution in [-0.2, 0) is 54.2 Å². The summed E-state index contributed by atoms with van der Waals surface area (Å²) in [4.78, 5) is 64.7. The van der Waals surface area contributed by atoms with Crippen LogP contribution in [0.15, 0.2) is 78.9 Å². The van der Waals surface area contributed by atoms with E-state index in [1.165, 1.54) is 0 Å². The van der Waals surface area contributed by atoms with E-state index in [-0.39, 0.29) is 51.5 Å². The second-order valence-electron chi connectivity index (χ2n) is 16.2. The number of ether oxygens (including phenoxy) is 6. The number of carbonyl (C=O) groups excluding carboxylic acids is 5. The molecule has 0 unspecified atom stereocenters. The van der Waals surface area contributed by atoms with Crippen LogP contribution in [-0.4, -0.2) is 132 Å². The van der Waals surface area contributed by atoms with Gasteiger partial charge in [-0.25, -0.2) is 9.59 Å². The molecule has 332 valence electrons. The molecule has 4 amide bonds. The molecule has 3 fully saturated rings. The van der Waals surface area contributed by atoms with Gasteiger partial charge in [-0.05, 0) is 48.1 Å². The molecule has 18 nitrogen and oxygen atoms in total. The topological polar surface area (TPSA) is 264 Å². The number of fused-ring (bicyclic) bond motifs is 4. The smallest absolute Gasteiger partial charge is 0.407 e. The highest BCUT2D eigenvalue weighted by Gasteiger charge is 2.55. The number of nitrogens with two attached hydrogens (primary N) is 1. The summed E-state index contributed by atoms with van der Waals surface area (Å²) in [5, 5.41) is 38.5. The largest absolute Gasteiger partial charge is 0.459 e. The van der Waals surface area contributed by atoms with Gasteiger partial charge in [0.2, 0.25) is 17.7 Å². The molecule has 3 saturated heterocycles. The van der Waals surface area contributed by atoms with Crippen LogP contribution in [0.25, 0.3) is 11.1 Å². The van der Waals surface area contributed by atoms with Crippen molar-refractivity contribution in [2.75, 3.05) is 19.7 Å². The van der Waals surface area contributed by atoms with Gasteiger partial charge >= 0.3 is 12.1 Å². The molecule has 0 radical (unpaired) electrons. The van der Waals surface area contributed by atoms with Gasteiger partial charge in [0, 0.05) is 25.4 Å². The molecule has 0 saturated carbocycles. The molecule has 0 aromatic heterocycles. The monoisotopic (exact) mass is 860 g/mol. The lowest BCUT2D eigenvalue weighted by Crippen LogP contribution is -2.63. The summed E-state index contributed by atoms with van der Waals surface area (Å²) in [6, 6.07) is 23.6. The van der Waals surface area contributed by atoms with Gasteiger partial charge in [0.1, 0.15) is 62.0 Å². The van der Waals surface area contributed by atoms with Crippen LogP contribution in [0.3, 0.4) is 0 Å². The molecule has 18 heteroatoms. The molecule has 3 heterocycles. The average Bonchev–Trinajstić information content (AvgIpc) is 3.87. The highest BCUT2D eigenvalue weighted by Crippen LogP contribution is 2.44. The van der Waals surface area contributed by atoms with Gasteiger partial charge in [-0.2, -0.15) is 0 Å². The van der Waals surface area contributed by atoms with Crippen LogP contribution >= 0.6 is 0 Å². The Bertz CT molecular complexity index is 2060. The van der Waals surface area contributed by atoms with Crippen molar-refractivity contribution in [3.63, 3.8) is 0 Å². The lowest BCUT2D eigenvalue weighted by atomic mass is 9.94. The fraction of sp³-hybridized carbons (Fsp3) is 0.477. The van der Waals surface area contributed by atoms with E-state index in [2.05, 4.69) is 16.0 Å². The summed E-state index contributed by atoms with van der Waals surface area (Å²) < 4.78 is 34.9. The van der Waals surface area contributed by atoms with Gasteiger partial charge in [0.15, 0.2) is 11.9 Å². The Morgan fingerprint density at radius 3 is 1.98 bits per heavy atom. The Labute approximate surface area is 357 Å². The number of aliphatic hydroxyl groups is 3. The predicted octanol–water partition coefficient (Wildman–Crippen LogP) is 0.663. The molecule has 0 spiro atoms. The normalized spacial score (nSPS) is 27.5. The van der Waals surface area contributed by atoms with E-state index in [9.17, 15) is 39.3 Å². The molecule has 10 atom stereocenters. The molecule has 62 heavy (non-hydrogen) atoms. The number of benzene rings is 3. The second kappa shape index (κ2) is 19.3. The van der Waals surface area contributed by atoms with Crippen molar-refractivity contribution in [2.24, 2.45) is 5.73 Å². The SMILES string of the molecule is CC1(C)O[C@@H]2[C@H](O1)[C@@H](CNC(=O)CC[C@H](NC(=O)OCC1c3ccccc3-c3ccccc31)C(=O)OCc1ccccc1)O[C@H]2CC(=O)NC[C@@H]1O[C@H](C(N)=O)[C@@H](O)[C@H](O)[C@H]1O. The zero-order valence-corrected chi connectivity index (χ0v) is 34.2. The van der Waals surface area contributed by atoms with Crippen molar-refractivity contribution in [2.45, 2.75) is 112 Å². The van der Waals surface area contributed by atoms with Crippen LogP contribution in [0.2, 0.25) is 0 Å². The molecule has 3 aliphatic heterocycles. The number of primary amides is 1. The maximum atomic E-state index is 13.4. The first-order valence-electron chi connectivity index (χ1n) is 20.5. The van der Waals surface area contributed by atoms with Crippen molar-refractivity contribution in [1.82, 2.24) is 16.0 Å². The number of nitrogens with one attached hydrogen (secondary N) is 3. The number of aliphatic hydroxyl groups excluding tert-OH is 3. The minimum absolute atomic E-state index is 0.0193. The fourth-order valence-corrected chi connectivity index (χ4v) is 8.36. The van der Waals surface area contributed by atoms with E-state index in [0.717, 1.165) is 27.8 Å². The van der Waals surface area contributed by atoms with E-state index in [4.69, 9.17) is 34.2 Å². The zero-order chi connectivity index (χ0) is 44.1. The molecular weight excluding hydrogens is 808 g/mol. The molecule has 1 aliphatic carbocycles. The van der Waals surface area contributed by atoms with E-state index in [0.29, 0.717) is 0 Å². The van der Waals surface area contributed by atoms with Gasteiger partial charge in [-0.1, -0.05) is 78.9 Å². The Hall–Kier alpha value is -5.47. The maximum Gasteiger partial charge on any atom is 0.407 e. The summed E-state index contributed by atoms with van der Waals surface area (Å²) >= 11 is 0. The summed E-state index contributed by atoms with van der Waals surface area (Å²) in [6.45, 7) is 3.01. The molecule has 4 aliphatic rings. The van der Waals surface area contributed by atoms with E-state index in [1.54, 1.807) is 38.1 Å². The quantitative estimate of drug-likeness (QED) is 0.0977. The zero-order valence-electron chi connectivity index (χ0n) is 34.2. The second-order valence-corrected chi connectivity index (χ2v) is 16.2. The lowest BCUT2D eigenvalue weighted by Gasteiger charge is -2.39. The Morgan fingerprint density at radius 1 is 0.726 bits per heavy atom. The number of esters is 1. The maximum absolute atomic E-state index is 13.4. The van der Waals surface area contributed by atoms with Crippen LogP contribution in [0, 0.1) is 0 Å². The first-order chi connectivity index (χ1) is 29.7. The average molecular weight is 861 g/mol. The van der Waals surface area contributed by atoms with Crippen molar-refractivity contribution in [3.8, 4) is 11.1 Å². The van der Waals surface area contributed by atoms with E-state index in [1.807, 2.05) is 54.6 Å². The summed E-state index contributed by atoms with van der Waals surface area (Å²) in [7, 11) is 0. The first-order valence-corrected chi connectivity index (χ1v) is 20.5. The van der Waals surface area contributed by atoms with Gasteiger partial charge in [0.25, 0.3) is 0 Å². The summed E-state index contributed by atoms with van der Waals surface area (Å²) in [5.74, 6) is -4.05. The third-order valence-corrected chi connectivity index (χ3v) is 11.4. The van der Waals surface area contributed by atoms with Crippen molar-refractivity contribution in [3.05, 3.63) is 95.6 Å². The van der Waals surface area contributed by atoms with Gasteiger partial charge in [-0.3, -0.25) is 14.4 Å². The molecule has 3 aromatic rings. The van der Waals surface area contributed by atoms with Gasteiger partial charge in [-0.15, -0.1) is 0 Å². The van der Waals surface area contributed by atoms with Crippen molar-refractivity contribution in [1.29, 1.82) is 0 Å². The molecule has 0 bridgehead atoms. The summed E-state index contributed by atoms with van der Waals surface area (Å²) in [6.07, 6.45) is -12.3. The van der Waals surface area contributed by atoms with Gasteiger partial charge < -0.3 is 65.4 Å². The molecule has 7 rings (SSSR count). The Balaban J connectivity index is 0.926. The molecular formula is C44H52N4O14. The minimum atomic E-state index is -1.74. The van der Waals surface area contributed by atoms with Crippen LogP contribution in [0.4, 0.5) is 4.79 Å². The number of carbonyl (C=O) groups is 5. The van der Waals surface area contributed by atoms with Crippen molar-refractivity contribution < 1.29 is 67.7 Å². The number of amides is 4. The van der Waals surface area contributed by atoms with Crippen LogP contribution in [0.5, 0.6) is 0 Å². The number of alkyl carbamates (subject to hydrolysis) is 1. The number of hydrogen-bond donors (Lipinski definition) is 7. The van der Waals surface area contributed by atoms with Gasteiger partial charge in [0.05, 0.1) is 12.5 Å². The number of rotatable bonds is 16. The van der Waals surface area contributed by atoms with Crippen molar-refractivity contribution >= 4 is 29.8 Å². The fourth-order valence-electron chi connectivity index (χ4n) is 8.36. The standard InChI is InChI=1S/C44H52N4O14/c1-44(2)61-38-30(18-34(50)47-19-31-35(51)36(52)37(53)40(60-31)41(45)54)59-32(39(38)62-44)20-46-33(49)17-16-29(42(55)57-21-23-10-4-3-5-11-23)48-43(56)58-22-28-26-14-8-6-12-24(26)25-13-7-9-15-27(25)28/h3-15,28-32,35-40,51-53H,16-22H2,1-2H3,(H2,45,54)(H,46,49)(H,47,50)(H,48,56)/t29-,30-,31-,32+,35-,36+,37-,38-,39+,40-/m0/s1. The minimum Gasteiger partial charge on any atom is -0.459 e. The number of hydrogen-bond acceptors (Lipinski definition) is 14. The Morgan fingerprint density at radius 2 is 1.32 bits per heavy atom. The van der Waals surface area contributed by atoms with E-state index >= 15 is 0 Å². The third kappa shape index (κ3) is 10.2.